The average Bonchev–Trinajstić information content (AvgIpc) is 3.29. The Balaban J connectivity index is 1.49. The van der Waals surface area contributed by atoms with E-state index in [1.165, 1.54) is 11.3 Å². The van der Waals surface area contributed by atoms with Gasteiger partial charge >= 0.3 is 5.63 Å². The first kappa shape index (κ1) is 21.1. The Morgan fingerprint density at radius 3 is 2.88 bits per heavy atom. The number of nitrogens with one attached hydrogen (secondary N) is 1. The van der Waals surface area contributed by atoms with Crippen LogP contribution in [0.3, 0.4) is 0 Å². The van der Waals surface area contributed by atoms with Crippen LogP contribution in [0.5, 0.6) is 0 Å². The summed E-state index contributed by atoms with van der Waals surface area (Å²) < 4.78 is 6.33. The molecule has 0 bridgehead atoms. The van der Waals surface area contributed by atoms with Gasteiger partial charge in [-0.3, -0.25) is 4.98 Å². The molecular formula is C25H15BrN4O2S. The normalized spacial score (nSPS) is 11.6. The van der Waals surface area contributed by atoms with Crippen LogP contribution in [-0.2, 0) is 0 Å². The maximum atomic E-state index is 12.5. The SMILES string of the molecule is Cc1ccc2cccc(NC=C(C#N)c3nc(-c4cc5cc(Br)ccc5oc4=O)cs3)c2n1. The van der Waals surface area contributed by atoms with Crippen LogP contribution in [0.1, 0.15) is 10.7 Å². The molecule has 5 rings (SSSR count). The molecule has 0 atom stereocenters. The van der Waals surface area contributed by atoms with Crippen LogP contribution in [0.4, 0.5) is 5.69 Å². The van der Waals surface area contributed by atoms with Crippen LogP contribution in [0, 0.1) is 18.3 Å². The van der Waals surface area contributed by atoms with Crippen molar-refractivity contribution >= 4 is 60.4 Å². The van der Waals surface area contributed by atoms with Crippen molar-refractivity contribution in [2.45, 2.75) is 6.92 Å². The highest BCUT2D eigenvalue weighted by atomic mass is 79.9. The molecule has 33 heavy (non-hydrogen) atoms. The smallest absolute Gasteiger partial charge is 0.345 e. The molecule has 0 aliphatic heterocycles. The van der Waals surface area contributed by atoms with Crippen LogP contribution >= 0.6 is 27.3 Å². The number of para-hydroxylation sites is 1. The second kappa shape index (κ2) is 8.62. The van der Waals surface area contributed by atoms with Gasteiger partial charge in [0.2, 0.25) is 0 Å². The number of halogens is 1. The Hall–Kier alpha value is -3.80. The number of allylic oxidation sites excluding steroid dienone is 1. The van der Waals surface area contributed by atoms with Crippen molar-refractivity contribution < 1.29 is 4.42 Å². The summed E-state index contributed by atoms with van der Waals surface area (Å²) in [4.78, 5) is 21.6. The van der Waals surface area contributed by atoms with Crippen molar-refractivity contribution in [2.24, 2.45) is 0 Å². The van der Waals surface area contributed by atoms with E-state index in [2.05, 4.69) is 37.3 Å². The van der Waals surface area contributed by atoms with Gasteiger partial charge in [-0.25, -0.2) is 9.78 Å². The van der Waals surface area contributed by atoms with E-state index in [1.807, 2.05) is 49.4 Å². The summed E-state index contributed by atoms with van der Waals surface area (Å²) in [6.07, 6.45) is 1.61. The number of nitrogens with zero attached hydrogens (tertiary/aromatic N) is 3. The van der Waals surface area contributed by atoms with Crippen molar-refractivity contribution in [1.82, 2.24) is 9.97 Å². The fourth-order valence-corrected chi connectivity index (χ4v) is 4.61. The third-order valence-electron chi connectivity index (χ3n) is 5.06. The number of fused-ring (bicyclic) bond motifs is 2. The largest absolute Gasteiger partial charge is 0.422 e. The van der Waals surface area contributed by atoms with Crippen LogP contribution < -0.4 is 10.9 Å². The summed E-state index contributed by atoms with van der Waals surface area (Å²) in [6.45, 7) is 1.94. The summed E-state index contributed by atoms with van der Waals surface area (Å²) in [5.41, 5.74) is 3.72. The predicted molar refractivity (Wildman–Crippen MR) is 135 cm³/mol. The van der Waals surface area contributed by atoms with Crippen molar-refractivity contribution in [3.8, 4) is 17.3 Å². The Kier molecular flexibility index (Phi) is 5.50. The van der Waals surface area contributed by atoms with Crippen LogP contribution in [0.2, 0.25) is 0 Å². The topological polar surface area (TPSA) is 91.8 Å². The number of rotatable bonds is 4. The quantitative estimate of drug-likeness (QED) is 0.217. The molecule has 0 aliphatic rings. The molecule has 0 radical (unpaired) electrons. The lowest BCUT2D eigenvalue weighted by Crippen LogP contribution is -2.03. The molecule has 160 valence electrons. The minimum Gasteiger partial charge on any atom is -0.422 e. The Labute approximate surface area is 201 Å². The first-order valence-electron chi connectivity index (χ1n) is 9.95. The van der Waals surface area contributed by atoms with E-state index >= 15 is 0 Å². The highest BCUT2D eigenvalue weighted by Gasteiger charge is 2.14. The highest BCUT2D eigenvalue weighted by molar-refractivity contribution is 9.10. The summed E-state index contributed by atoms with van der Waals surface area (Å²) in [5.74, 6) is 0. The van der Waals surface area contributed by atoms with E-state index in [4.69, 9.17) is 4.42 Å². The van der Waals surface area contributed by atoms with Gasteiger partial charge in [0.15, 0.2) is 0 Å². The second-order valence-corrected chi connectivity index (χ2v) is 9.09. The highest BCUT2D eigenvalue weighted by Crippen LogP contribution is 2.28. The monoisotopic (exact) mass is 514 g/mol. The predicted octanol–water partition coefficient (Wildman–Crippen LogP) is 6.51. The van der Waals surface area contributed by atoms with Gasteiger partial charge < -0.3 is 9.73 Å². The minimum atomic E-state index is -0.473. The van der Waals surface area contributed by atoms with Crippen LogP contribution in [0.25, 0.3) is 38.7 Å². The molecule has 0 saturated heterocycles. The fourth-order valence-electron chi connectivity index (χ4n) is 3.45. The molecule has 6 nitrogen and oxygen atoms in total. The minimum absolute atomic E-state index is 0.349. The van der Waals surface area contributed by atoms with Gasteiger partial charge in [0.05, 0.1) is 22.5 Å². The molecule has 0 spiro atoms. The van der Waals surface area contributed by atoms with Gasteiger partial charge in [0.1, 0.15) is 22.2 Å². The average molecular weight is 515 g/mol. The first-order valence-corrected chi connectivity index (χ1v) is 11.6. The molecule has 0 amide bonds. The summed E-state index contributed by atoms with van der Waals surface area (Å²) in [5, 5.41) is 17.0. The third kappa shape index (κ3) is 4.16. The molecule has 8 heteroatoms. The van der Waals surface area contributed by atoms with Crippen LogP contribution in [0.15, 0.2) is 79.9 Å². The molecule has 5 aromatic rings. The van der Waals surface area contributed by atoms with Gasteiger partial charge in [-0.15, -0.1) is 11.3 Å². The van der Waals surface area contributed by atoms with Gasteiger partial charge in [-0.05, 0) is 43.3 Å². The summed E-state index contributed by atoms with van der Waals surface area (Å²) >= 11 is 4.72. The van der Waals surface area contributed by atoms with E-state index < -0.39 is 5.63 Å². The van der Waals surface area contributed by atoms with Gasteiger partial charge in [0, 0.05) is 32.5 Å². The number of aryl methyl sites for hydroxylation is 1. The molecule has 0 saturated carbocycles. The molecule has 0 aliphatic carbocycles. The second-order valence-electron chi connectivity index (χ2n) is 7.31. The number of benzene rings is 2. The van der Waals surface area contributed by atoms with Gasteiger partial charge in [0.25, 0.3) is 0 Å². The lowest BCUT2D eigenvalue weighted by Gasteiger charge is -2.06. The lowest BCUT2D eigenvalue weighted by atomic mass is 10.1. The van der Waals surface area contributed by atoms with Crippen molar-refractivity contribution in [1.29, 1.82) is 5.26 Å². The van der Waals surface area contributed by atoms with Gasteiger partial charge in [-0.1, -0.05) is 34.1 Å². The van der Waals surface area contributed by atoms with E-state index in [1.54, 1.807) is 23.7 Å². The van der Waals surface area contributed by atoms with Crippen LogP contribution in [-0.4, -0.2) is 9.97 Å². The number of hydrogen-bond donors (Lipinski definition) is 1. The maximum Gasteiger partial charge on any atom is 0.345 e. The fraction of sp³-hybridized carbons (Fsp3) is 0.0400. The standard InChI is InChI=1S/C25H15BrN4O2S/c1-14-5-6-15-3-2-4-20(23(15)29-14)28-12-17(11-27)24-30-21(13-33-24)19-10-16-9-18(26)7-8-22(16)32-25(19)31/h2-10,12-13,28H,1H3. The Morgan fingerprint density at radius 1 is 1.15 bits per heavy atom. The first-order chi connectivity index (χ1) is 16.0. The molecule has 0 fully saturated rings. The number of hydrogen-bond acceptors (Lipinski definition) is 7. The summed E-state index contributed by atoms with van der Waals surface area (Å²) in [7, 11) is 0. The zero-order valence-corrected chi connectivity index (χ0v) is 19.7. The van der Waals surface area contributed by atoms with Crippen molar-refractivity contribution in [2.75, 3.05) is 5.32 Å². The molecule has 3 heterocycles. The van der Waals surface area contributed by atoms with E-state index in [9.17, 15) is 10.1 Å². The molecule has 1 N–H and O–H groups in total. The Bertz CT molecular complexity index is 1660. The molecule has 2 aromatic carbocycles. The van der Waals surface area contributed by atoms with Crippen molar-refractivity contribution in [3.05, 3.63) is 91.8 Å². The zero-order valence-electron chi connectivity index (χ0n) is 17.3. The van der Waals surface area contributed by atoms with Gasteiger partial charge in [-0.2, -0.15) is 5.26 Å². The zero-order chi connectivity index (χ0) is 22.9. The molecular weight excluding hydrogens is 500 g/mol. The molecule has 3 aromatic heterocycles. The van der Waals surface area contributed by atoms with Crippen molar-refractivity contribution in [3.63, 3.8) is 0 Å². The van der Waals surface area contributed by atoms with E-state index in [0.717, 1.165) is 32.1 Å². The summed E-state index contributed by atoms with van der Waals surface area (Å²) in [6, 6.07) is 19.2. The number of anilines is 1. The molecule has 0 unspecified atom stereocenters. The third-order valence-corrected chi connectivity index (χ3v) is 6.43. The Morgan fingerprint density at radius 2 is 2.03 bits per heavy atom. The number of pyridine rings is 1. The maximum absolute atomic E-state index is 12.5. The van der Waals surface area contributed by atoms with E-state index in [0.29, 0.717) is 27.4 Å². The number of nitriles is 1. The number of aromatic nitrogens is 2. The van der Waals surface area contributed by atoms with E-state index in [-0.39, 0.29) is 0 Å². The number of thiazole rings is 1. The lowest BCUT2D eigenvalue weighted by molar-refractivity contribution is 0.563.